The van der Waals surface area contributed by atoms with Gasteiger partial charge >= 0.3 is 0 Å². The van der Waals surface area contributed by atoms with E-state index >= 15 is 0 Å². The van der Waals surface area contributed by atoms with Crippen LogP contribution in [0.15, 0.2) is 47.4 Å². The molecule has 0 heterocycles. The van der Waals surface area contributed by atoms with Gasteiger partial charge < -0.3 is 10.1 Å². The van der Waals surface area contributed by atoms with Crippen LogP contribution in [-0.2, 0) is 10.0 Å². The molecular weight excluding hydrogens is 407 g/mol. The number of hydrogen-bond donors (Lipinski definition) is 2. The van der Waals surface area contributed by atoms with E-state index in [2.05, 4.69) is 17.0 Å². The fourth-order valence-electron chi connectivity index (χ4n) is 3.76. The van der Waals surface area contributed by atoms with E-state index in [1.165, 1.54) is 13.2 Å². The average Bonchev–Trinajstić information content (AvgIpc) is 2.71. The zero-order valence-corrected chi connectivity index (χ0v) is 18.1. The van der Waals surface area contributed by atoms with E-state index < -0.39 is 21.7 Å². The van der Waals surface area contributed by atoms with Crippen LogP contribution < -0.4 is 14.8 Å². The highest BCUT2D eigenvalue weighted by atomic mass is 32.2. The van der Waals surface area contributed by atoms with E-state index in [1.807, 2.05) is 6.92 Å². The van der Waals surface area contributed by atoms with Gasteiger partial charge in [-0.05, 0) is 48.6 Å². The first-order valence-corrected chi connectivity index (χ1v) is 11.5. The van der Waals surface area contributed by atoms with Gasteiger partial charge in [-0.1, -0.05) is 32.8 Å². The minimum atomic E-state index is -3.89. The second kappa shape index (κ2) is 9.14. The van der Waals surface area contributed by atoms with Crippen molar-refractivity contribution in [2.45, 2.75) is 44.0 Å². The topological polar surface area (TPSA) is 84.5 Å². The summed E-state index contributed by atoms with van der Waals surface area (Å²) in [5.41, 5.74) is 0.0703. The van der Waals surface area contributed by atoms with Crippen LogP contribution in [0.5, 0.6) is 5.75 Å². The Morgan fingerprint density at radius 1 is 1.13 bits per heavy atom. The van der Waals surface area contributed by atoms with Crippen LogP contribution in [0.2, 0.25) is 0 Å². The van der Waals surface area contributed by atoms with Gasteiger partial charge in [0.25, 0.3) is 5.91 Å². The Balaban J connectivity index is 1.82. The minimum absolute atomic E-state index is 0.134. The van der Waals surface area contributed by atoms with Gasteiger partial charge in [-0.2, -0.15) is 0 Å². The van der Waals surface area contributed by atoms with Crippen molar-refractivity contribution < 1.29 is 22.3 Å². The van der Waals surface area contributed by atoms with Crippen molar-refractivity contribution in [3.63, 3.8) is 0 Å². The molecule has 3 atom stereocenters. The molecule has 8 heteroatoms. The summed E-state index contributed by atoms with van der Waals surface area (Å²) in [6.07, 6.45) is 2.79. The Labute approximate surface area is 176 Å². The molecule has 0 bridgehead atoms. The smallest absolute Gasteiger partial charge is 0.258 e. The fourth-order valence-corrected chi connectivity index (χ4v) is 5.15. The van der Waals surface area contributed by atoms with Crippen LogP contribution in [0.25, 0.3) is 0 Å². The van der Waals surface area contributed by atoms with Gasteiger partial charge in [0, 0.05) is 17.8 Å². The predicted octanol–water partition coefficient (Wildman–Crippen LogP) is 4.19. The summed E-state index contributed by atoms with van der Waals surface area (Å²) < 4.78 is 48.0. The molecule has 30 heavy (non-hydrogen) atoms. The molecule has 6 nitrogen and oxygen atoms in total. The zero-order valence-electron chi connectivity index (χ0n) is 17.3. The third-order valence-corrected chi connectivity index (χ3v) is 7.32. The van der Waals surface area contributed by atoms with Crippen molar-refractivity contribution in [2.75, 3.05) is 12.4 Å². The van der Waals surface area contributed by atoms with Crippen LogP contribution in [0.3, 0.4) is 0 Å². The maximum atomic E-state index is 14.3. The standard InChI is InChI=1S/C22H27FN2O4S/c1-14-6-4-9-21(15(14)2)25-30(27,28)18-10-11-20(23)19(13-18)22(26)24-16-7-5-8-17(12-16)29-3/h5,7-8,10-15,21,25H,4,6,9H2,1-3H3,(H,24,26). The van der Waals surface area contributed by atoms with E-state index in [1.54, 1.807) is 24.3 Å². The number of benzene rings is 2. The molecule has 3 unspecified atom stereocenters. The van der Waals surface area contributed by atoms with Crippen molar-refractivity contribution in [3.8, 4) is 5.75 Å². The maximum Gasteiger partial charge on any atom is 0.258 e. The van der Waals surface area contributed by atoms with Crippen molar-refractivity contribution in [1.82, 2.24) is 4.72 Å². The molecule has 0 saturated heterocycles. The van der Waals surface area contributed by atoms with Crippen LogP contribution >= 0.6 is 0 Å². The van der Waals surface area contributed by atoms with Gasteiger partial charge in [-0.3, -0.25) is 4.79 Å². The number of ether oxygens (including phenoxy) is 1. The number of carbonyl (C=O) groups excluding carboxylic acids is 1. The van der Waals surface area contributed by atoms with Crippen molar-refractivity contribution in [1.29, 1.82) is 0 Å². The number of halogens is 1. The summed E-state index contributed by atoms with van der Waals surface area (Å²) in [7, 11) is -2.39. The number of nitrogens with one attached hydrogen (secondary N) is 2. The van der Waals surface area contributed by atoms with Crippen LogP contribution in [-0.4, -0.2) is 27.5 Å². The summed E-state index contributed by atoms with van der Waals surface area (Å²) >= 11 is 0. The van der Waals surface area contributed by atoms with Crippen molar-refractivity contribution >= 4 is 21.6 Å². The van der Waals surface area contributed by atoms with E-state index in [4.69, 9.17) is 4.74 Å². The Hall–Kier alpha value is -2.45. The van der Waals surface area contributed by atoms with Gasteiger partial charge in [0.2, 0.25) is 10.0 Å². The van der Waals surface area contributed by atoms with Gasteiger partial charge in [0.05, 0.1) is 17.6 Å². The molecule has 0 radical (unpaired) electrons. The molecule has 2 aromatic carbocycles. The van der Waals surface area contributed by atoms with Crippen molar-refractivity contribution in [3.05, 3.63) is 53.8 Å². The molecule has 2 N–H and O–H groups in total. The first-order chi connectivity index (χ1) is 14.2. The third-order valence-electron chi connectivity index (χ3n) is 5.83. The van der Waals surface area contributed by atoms with Crippen LogP contribution in [0.1, 0.15) is 43.5 Å². The molecule has 1 amide bonds. The molecule has 2 aromatic rings. The largest absolute Gasteiger partial charge is 0.497 e. The van der Waals surface area contributed by atoms with Crippen LogP contribution in [0.4, 0.5) is 10.1 Å². The minimum Gasteiger partial charge on any atom is -0.497 e. The highest BCUT2D eigenvalue weighted by Gasteiger charge is 2.31. The lowest BCUT2D eigenvalue weighted by Crippen LogP contribution is -2.43. The van der Waals surface area contributed by atoms with E-state index in [0.717, 1.165) is 31.4 Å². The number of amides is 1. The number of sulfonamides is 1. The number of rotatable bonds is 6. The SMILES string of the molecule is COc1cccc(NC(=O)c2cc(S(=O)(=O)NC3CCCC(C)C3C)ccc2F)c1. The molecular formula is C22H27FN2O4S. The number of anilines is 1. The van der Waals surface area contributed by atoms with E-state index in [-0.39, 0.29) is 22.4 Å². The average molecular weight is 435 g/mol. The Bertz CT molecular complexity index is 1030. The van der Waals surface area contributed by atoms with Gasteiger partial charge in [-0.25, -0.2) is 17.5 Å². The lowest BCUT2D eigenvalue weighted by Gasteiger charge is -2.34. The first-order valence-electron chi connectivity index (χ1n) is 9.98. The second-order valence-corrected chi connectivity index (χ2v) is 9.54. The summed E-state index contributed by atoms with van der Waals surface area (Å²) in [5.74, 6) is -0.384. The van der Waals surface area contributed by atoms with Gasteiger partial charge in [0.1, 0.15) is 11.6 Å². The number of hydrogen-bond acceptors (Lipinski definition) is 4. The number of methoxy groups -OCH3 is 1. The number of carbonyl (C=O) groups is 1. The molecule has 1 aliphatic carbocycles. The fraction of sp³-hybridized carbons (Fsp3) is 0.409. The molecule has 3 rings (SSSR count). The summed E-state index contributed by atoms with van der Waals surface area (Å²) in [5, 5.41) is 2.57. The highest BCUT2D eigenvalue weighted by Crippen LogP contribution is 2.30. The Morgan fingerprint density at radius 2 is 1.90 bits per heavy atom. The second-order valence-electron chi connectivity index (χ2n) is 7.82. The molecule has 162 valence electrons. The Morgan fingerprint density at radius 3 is 2.63 bits per heavy atom. The first kappa shape index (κ1) is 22.2. The monoisotopic (exact) mass is 434 g/mol. The molecule has 1 saturated carbocycles. The van der Waals surface area contributed by atoms with Gasteiger partial charge in [0.15, 0.2) is 0 Å². The molecule has 0 spiro atoms. The quantitative estimate of drug-likeness (QED) is 0.714. The highest BCUT2D eigenvalue weighted by molar-refractivity contribution is 7.89. The van der Waals surface area contributed by atoms with E-state index in [9.17, 15) is 17.6 Å². The summed E-state index contributed by atoms with van der Waals surface area (Å²) in [4.78, 5) is 12.5. The van der Waals surface area contributed by atoms with E-state index in [0.29, 0.717) is 17.4 Å². The zero-order chi connectivity index (χ0) is 21.9. The summed E-state index contributed by atoms with van der Waals surface area (Å²) in [6, 6.07) is 9.68. The molecule has 1 fully saturated rings. The lowest BCUT2D eigenvalue weighted by atomic mass is 9.78. The third kappa shape index (κ3) is 4.99. The predicted molar refractivity (Wildman–Crippen MR) is 114 cm³/mol. The Kier molecular flexibility index (Phi) is 6.77. The molecule has 1 aliphatic rings. The molecule has 0 aromatic heterocycles. The van der Waals surface area contributed by atoms with Crippen LogP contribution in [0, 0.1) is 17.7 Å². The summed E-state index contributed by atoms with van der Waals surface area (Å²) in [6.45, 7) is 4.15. The van der Waals surface area contributed by atoms with Gasteiger partial charge in [-0.15, -0.1) is 0 Å². The van der Waals surface area contributed by atoms with Crippen molar-refractivity contribution in [2.24, 2.45) is 11.8 Å². The maximum absolute atomic E-state index is 14.3. The normalized spacial score (nSPS) is 21.8. The molecule has 0 aliphatic heterocycles. The lowest BCUT2D eigenvalue weighted by molar-refractivity contribution is 0.102.